The minimum Gasteiger partial charge on any atom is -0.344 e. The molecule has 1 unspecified atom stereocenters. The predicted molar refractivity (Wildman–Crippen MR) is 82.5 cm³/mol. The molecule has 0 amide bonds. The van der Waals surface area contributed by atoms with E-state index in [-0.39, 0.29) is 5.92 Å². The SMILES string of the molecule is CN(C)c1noc(C2CCCN(c3ncc(Br)cn3)C2)n1. The Bertz CT molecular complexity index is 599. The van der Waals surface area contributed by atoms with E-state index in [0.717, 1.165) is 36.4 Å². The van der Waals surface area contributed by atoms with E-state index in [1.54, 1.807) is 12.4 Å². The van der Waals surface area contributed by atoms with Crippen LogP contribution in [0.3, 0.4) is 0 Å². The van der Waals surface area contributed by atoms with Gasteiger partial charge in [-0.15, -0.1) is 0 Å². The molecule has 0 aliphatic carbocycles. The van der Waals surface area contributed by atoms with E-state index >= 15 is 0 Å². The molecule has 0 bridgehead atoms. The summed E-state index contributed by atoms with van der Waals surface area (Å²) in [5.74, 6) is 2.28. The predicted octanol–water partition coefficient (Wildman–Crippen LogP) is 2.07. The van der Waals surface area contributed by atoms with Crippen LogP contribution in [-0.4, -0.2) is 47.3 Å². The van der Waals surface area contributed by atoms with Gasteiger partial charge in [0.05, 0.1) is 10.4 Å². The summed E-state index contributed by atoms with van der Waals surface area (Å²) < 4.78 is 6.27. The zero-order valence-corrected chi connectivity index (χ0v) is 13.6. The second-order valence-corrected chi connectivity index (χ2v) is 6.23. The van der Waals surface area contributed by atoms with Gasteiger partial charge in [0.15, 0.2) is 0 Å². The molecule has 0 N–H and O–H groups in total. The molecular weight excluding hydrogens is 336 g/mol. The highest BCUT2D eigenvalue weighted by molar-refractivity contribution is 9.10. The minimum absolute atomic E-state index is 0.229. The standard InChI is InChI=1S/C13H17BrN6O/c1-19(2)13-17-11(21-18-13)9-4-3-5-20(8-9)12-15-6-10(14)7-16-12/h6-7,9H,3-5,8H2,1-2H3. The van der Waals surface area contributed by atoms with Gasteiger partial charge in [0, 0.05) is 39.6 Å². The molecule has 21 heavy (non-hydrogen) atoms. The second kappa shape index (κ2) is 5.97. The normalized spacial score (nSPS) is 18.8. The maximum Gasteiger partial charge on any atom is 0.265 e. The Kier molecular flexibility index (Phi) is 4.05. The topological polar surface area (TPSA) is 71.2 Å². The molecule has 0 saturated carbocycles. The molecular formula is C13H17BrN6O. The third kappa shape index (κ3) is 3.15. The number of piperidine rings is 1. The first-order valence-corrected chi connectivity index (χ1v) is 7.66. The van der Waals surface area contributed by atoms with Gasteiger partial charge in [-0.25, -0.2) is 9.97 Å². The number of anilines is 2. The van der Waals surface area contributed by atoms with Gasteiger partial charge >= 0.3 is 0 Å². The van der Waals surface area contributed by atoms with Crippen molar-refractivity contribution < 1.29 is 4.52 Å². The lowest BCUT2D eigenvalue weighted by molar-refractivity contribution is 0.332. The van der Waals surface area contributed by atoms with E-state index in [1.165, 1.54) is 0 Å². The third-order valence-electron chi connectivity index (χ3n) is 3.49. The van der Waals surface area contributed by atoms with Crippen molar-refractivity contribution in [1.29, 1.82) is 0 Å². The van der Waals surface area contributed by atoms with E-state index in [9.17, 15) is 0 Å². The van der Waals surface area contributed by atoms with Crippen molar-refractivity contribution in [1.82, 2.24) is 20.1 Å². The van der Waals surface area contributed by atoms with Crippen LogP contribution in [0.4, 0.5) is 11.9 Å². The average Bonchev–Trinajstić information content (AvgIpc) is 2.98. The van der Waals surface area contributed by atoms with Gasteiger partial charge in [-0.05, 0) is 33.9 Å². The van der Waals surface area contributed by atoms with Crippen LogP contribution < -0.4 is 9.80 Å². The number of aromatic nitrogens is 4. The lowest BCUT2D eigenvalue weighted by Gasteiger charge is -2.30. The molecule has 0 aromatic carbocycles. The number of nitrogens with zero attached hydrogens (tertiary/aromatic N) is 6. The van der Waals surface area contributed by atoms with Gasteiger partial charge in [-0.3, -0.25) is 0 Å². The first-order valence-electron chi connectivity index (χ1n) is 6.87. The van der Waals surface area contributed by atoms with E-state index in [1.807, 2.05) is 19.0 Å². The summed E-state index contributed by atoms with van der Waals surface area (Å²) in [5.41, 5.74) is 0. The van der Waals surface area contributed by atoms with Crippen LogP contribution in [-0.2, 0) is 0 Å². The largest absolute Gasteiger partial charge is 0.344 e. The first kappa shape index (κ1) is 14.2. The van der Waals surface area contributed by atoms with Crippen LogP contribution in [0, 0.1) is 0 Å². The Morgan fingerprint density at radius 2 is 2.10 bits per heavy atom. The lowest BCUT2D eigenvalue weighted by atomic mass is 9.98. The number of halogens is 1. The number of rotatable bonds is 3. The van der Waals surface area contributed by atoms with Gasteiger partial charge < -0.3 is 14.3 Å². The zero-order valence-electron chi connectivity index (χ0n) is 12.0. The number of hydrogen-bond acceptors (Lipinski definition) is 7. The van der Waals surface area contributed by atoms with E-state index < -0.39 is 0 Å². The molecule has 1 aliphatic rings. The van der Waals surface area contributed by atoms with Crippen molar-refractivity contribution in [3.8, 4) is 0 Å². The molecule has 0 spiro atoms. The molecule has 3 heterocycles. The Labute approximate surface area is 131 Å². The monoisotopic (exact) mass is 352 g/mol. The molecule has 1 atom stereocenters. The molecule has 0 radical (unpaired) electrons. The van der Waals surface area contributed by atoms with Crippen molar-refractivity contribution >= 4 is 27.8 Å². The minimum atomic E-state index is 0.229. The van der Waals surface area contributed by atoms with E-state index in [4.69, 9.17) is 4.52 Å². The Hall–Kier alpha value is -1.70. The van der Waals surface area contributed by atoms with Gasteiger partial charge in [0.25, 0.3) is 5.95 Å². The van der Waals surface area contributed by atoms with Crippen LogP contribution >= 0.6 is 15.9 Å². The van der Waals surface area contributed by atoms with Crippen molar-refractivity contribution in [3.05, 3.63) is 22.8 Å². The van der Waals surface area contributed by atoms with Crippen molar-refractivity contribution in [2.24, 2.45) is 0 Å². The van der Waals surface area contributed by atoms with Crippen molar-refractivity contribution in [3.63, 3.8) is 0 Å². The summed E-state index contributed by atoms with van der Waals surface area (Å²) in [6, 6.07) is 0. The molecule has 2 aromatic rings. The highest BCUT2D eigenvalue weighted by atomic mass is 79.9. The molecule has 1 saturated heterocycles. The summed E-state index contributed by atoms with van der Waals surface area (Å²) >= 11 is 3.35. The summed E-state index contributed by atoms with van der Waals surface area (Å²) in [6.07, 6.45) is 5.64. The Balaban J connectivity index is 1.74. The molecule has 7 nitrogen and oxygen atoms in total. The smallest absolute Gasteiger partial charge is 0.265 e. The van der Waals surface area contributed by atoms with Gasteiger partial charge in [-0.1, -0.05) is 0 Å². The van der Waals surface area contributed by atoms with Crippen molar-refractivity contribution in [2.75, 3.05) is 37.0 Å². The molecule has 2 aromatic heterocycles. The molecule has 3 rings (SSSR count). The van der Waals surface area contributed by atoms with Gasteiger partial charge in [0.1, 0.15) is 0 Å². The van der Waals surface area contributed by atoms with Gasteiger partial charge in [-0.2, -0.15) is 4.98 Å². The van der Waals surface area contributed by atoms with E-state index in [0.29, 0.717) is 11.8 Å². The Morgan fingerprint density at radius 3 is 2.76 bits per heavy atom. The number of hydrogen-bond donors (Lipinski definition) is 0. The zero-order chi connectivity index (χ0) is 14.8. The Morgan fingerprint density at radius 1 is 1.33 bits per heavy atom. The molecule has 1 aliphatic heterocycles. The molecule has 112 valence electrons. The van der Waals surface area contributed by atoms with Crippen LogP contribution in [0.15, 0.2) is 21.4 Å². The van der Waals surface area contributed by atoms with E-state index in [2.05, 4.69) is 40.9 Å². The summed E-state index contributed by atoms with van der Waals surface area (Å²) in [5, 5.41) is 3.98. The van der Waals surface area contributed by atoms with Crippen LogP contribution in [0.1, 0.15) is 24.7 Å². The fraction of sp³-hybridized carbons (Fsp3) is 0.538. The maximum atomic E-state index is 5.39. The molecule has 1 fully saturated rings. The summed E-state index contributed by atoms with van der Waals surface area (Å²) in [6.45, 7) is 1.75. The quantitative estimate of drug-likeness (QED) is 0.837. The summed E-state index contributed by atoms with van der Waals surface area (Å²) in [4.78, 5) is 17.2. The maximum absolute atomic E-state index is 5.39. The lowest BCUT2D eigenvalue weighted by Crippen LogP contribution is -2.35. The fourth-order valence-corrected chi connectivity index (χ4v) is 2.61. The van der Waals surface area contributed by atoms with Crippen LogP contribution in [0.2, 0.25) is 0 Å². The van der Waals surface area contributed by atoms with Gasteiger partial charge in [0.2, 0.25) is 11.8 Å². The molecule has 8 heteroatoms. The van der Waals surface area contributed by atoms with Crippen molar-refractivity contribution in [2.45, 2.75) is 18.8 Å². The third-order valence-corrected chi connectivity index (χ3v) is 3.90. The fourth-order valence-electron chi connectivity index (χ4n) is 2.40. The first-order chi connectivity index (χ1) is 10.1. The highest BCUT2D eigenvalue weighted by Crippen LogP contribution is 2.28. The average molecular weight is 353 g/mol. The highest BCUT2D eigenvalue weighted by Gasteiger charge is 2.27. The second-order valence-electron chi connectivity index (χ2n) is 5.31. The van der Waals surface area contributed by atoms with Crippen LogP contribution in [0.25, 0.3) is 0 Å². The summed E-state index contributed by atoms with van der Waals surface area (Å²) in [7, 11) is 3.80. The van der Waals surface area contributed by atoms with Crippen LogP contribution in [0.5, 0.6) is 0 Å².